The van der Waals surface area contributed by atoms with E-state index in [9.17, 15) is 0 Å². The number of nitrogens with one attached hydrogen (secondary N) is 1. The van der Waals surface area contributed by atoms with Gasteiger partial charge in [-0.25, -0.2) is 0 Å². The van der Waals surface area contributed by atoms with Gasteiger partial charge in [-0.2, -0.15) is 0 Å². The van der Waals surface area contributed by atoms with E-state index >= 15 is 0 Å². The molecular weight excluding hydrogens is 182 g/mol. The van der Waals surface area contributed by atoms with Crippen molar-refractivity contribution in [3.8, 4) is 0 Å². The van der Waals surface area contributed by atoms with Crippen molar-refractivity contribution in [3.63, 3.8) is 0 Å². The normalized spacial score (nSPS) is 17.6. The summed E-state index contributed by atoms with van der Waals surface area (Å²) >= 11 is 0. The van der Waals surface area contributed by atoms with Crippen molar-refractivity contribution in [3.05, 3.63) is 42.0 Å². The molecule has 0 aromatic heterocycles. The fraction of sp³-hybridized carbons (Fsp3) is 0.429. The molecule has 0 bridgehead atoms. The highest BCUT2D eigenvalue weighted by atomic mass is 14.9. The van der Waals surface area contributed by atoms with Crippen LogP contribution in [0, 0.1) is 0 Å². The Bertz CT molecular complexity index is 296. The zero-order valence-electron chi connectivity index (χ0n) is 9.15. The summed E-state index contributed by atoms with van der Waals surface area (Å²) in [7, 11) is 0. The van der Waals surface area contributed by atoms with Crippen LogP contribution in [-0.4, -0.2) is 12.6 Å². The minimum Gasteiger partial charge on any atom is -0.311 e. The monoisotopic (exact) mass is 201 g/mol. The zero-order chi connectivity index (χ0) is 10.3. The van der Waals surface area contributed by atoms with Crippen molar-refractivity contribution in [2.75, 3.05) is 6.54 Å². The lowest BCUT2D eigenvalue weighted by Crippen LogP contribution is -2.25. The maximum absolute atomic E-state index is 3.57. The van der Waals surface area contributed by atoms with Gasteiger partial charge in [-0.05, 0) is 18.4 Å². The van der Waals surface area contributed by atoms with Gasteiger partial charge in [0.1, 0.15) is 0 Å². The smallest absolute Gasteiger partial charge is 0.0140 e. The third-order valence-electron chi connectivity index (χ3n) is 2.99. The molecule has 0 unspecified atom stereocenters. The van der Waals surface area contributed by atoms with Crippen LogP contribution in [0.1, 0.15) is 31.2 Å². The molecule has 0 aliphatic heterocycles. The molecule has 2 rings (SSSR count). The predicted molar refractivity (Wildman–Crippen MR) is 65.7 cm³/mol. The lowest BCUT2D eigenvalue weighted by atomic mass is 10.2. The van der Waals surface area contributed by atoms with Gasteiger partial charge in [0.15, 0.2) is 0 Å². The van der Waals surface area contributed by atoms with E-state index in [1.165, 1.54) is 31.2 Å². The van der Waals surface area contributed by atoms with Crippen LogP contribution in [-0.2, 0) is 0 Å². The zero-order valence-corrected chi connectivity index (χ0v) is 9.15. The standard InChI is InChI=1S/C14H19N/c1-2-7-13(8-3-1)9-6-12-15-14-10-4-5-11-14/h1-3,6-9,14-15H,4-5,10-12H2. The van der Waals surface area contributed by atoms with Gasteiger partial charge in [0.05, 0.1) is 0 Å². The summed E-state index contributed by atoms with van der Waals surface area (Å²) in [6, 6.07) is 11.2. The topological polar surface area (TPSA) is 12.0 Å². The first-order valence-electron chi connectivity index (χ1n) is 5.90. The SMILES string of the molecule is C(=Cc1ccccc1)CNC1CCCC1. The Labute approximate surface area is 92.2 Å². The van der Waals surface area contributed by atoms with Gasteiger partial charge >= 0.3 is 0 Å². The van der Waals surface area contributed by atoms with Crippen molar-refractivity contribution < 1.29 is 0 Å². The van der Waals surface area contributed by atoms with E-state index in [1.54, 1.807) is 0 Å². The first-order chi connectivity index (χ1) is 7.45. The Kier molecular flexibility index (Phi) is 3.98. The first kappa shape index (κ1) is 10.4. The minimum atomic E-state index is 0.769. The Hall–Kier alpha value is -1.08. The van der Waals surface area contributed by atoms with E-state index in [0.717, 1.165) is 12.6 Å². The summed E-state index contributed by atoms with van der Waals surface area (Å²) in [4.78, 5) is 0. The second kappa shape index (κ2) is 5.72. The van der Waals surface area contributed by atoms with Crippen LogP contribution in [0.4, 0.5) is 0 Å². The fourth-order valence-corrected chi connectivity index (χ4v) is 2.12. The van der Waals surface area contributed by atoms with Crippen molar-refractivity contribution in [2.45, 2.75) is 31.7 Å². The Balaban J connectivity index is 1.71. The van der Waals surface area contributed by atoms with Gasteiger partial charge < -0.3 is 5.32 Å². The van der Waals surface area contributed by atoms with Crippen molar-refractivity contribution in [1.82, 2.24) is 5.32 Å². The molecule has 1 aromatic carbocycles. The highest BCUT2D eigenvalue weighted by molar-refractivity contribution is 5.48. The molecule has 0 atom stereocenters. The van der Waals surface area contributed by atoms with E-state index in [4.69, 9.17) is 0 Å². The first-order valence-corrected chi connectivity index (χ1v) is 5.90. The van der Waals surface area contributed by atoms with Gasteiger partial charge in [-0.3, -0.25) is 0 Å². The van der Waals surface area contributed by atoms with E-state index in [-0.39, 0.29) is 0 Å². The fourth-order valence-electron chi connectivity index (χ4n) is 2.12. The van der Waals surface area contributed by atoms with Crippen LogP contribution < -0.4 is 5.32 Å². The highest BCUT2D eigenvalue weighted by Crippen LogP contribution is 2.17. The summed E-state index contributed by atoms with van der Waals surface area (Å²) in [5.74, 6) is 0. The Morgan fingerprint density at radius 1 is 1.13 bits per heavy atom. The summed E-state index contributed by atoms with van der Waals surface area (Å²) in [5, 5.41) is 3.57. The highest BCUT2D eigenvalue weighted by Gasteiger charge is 2.12. The molecule has 80 valence electrons. The average molecular weight is 201 g/mol. The van der Waals surface area contributed by atoms with Crippen molar-refractivity contribution in [2.24, 2.45) is 0 Å². The molecule has 1 saturated carbocycles. The lowest BCUT2D eigenvalue weighted by Gasteiger charge is -2.08. The molecule has 0 amide bonds. The predicted octanol–water partition coefficient (Wildman–Crippen LogP) is 3.23. The van der Waals surface area contributed by atoms with Crippen molar-refractivity contribution in [1.29, 1.82) is 0 Å². The molecule has 1 aliphatic rings. The molecule has 0 heterocycles. The molecule has 1 N–H and O–H groups in total. The Morgan fingerprint density at radius 2 is 1.87 bits per heavy atom. The minimum absolute atomic E-state index is 0.769. The molecule has 0 saturated heterocycles. The number of hydrogen-bond acceptors (Lipinski definition) is 1. The van der Waals surface area contributed by atoms with E-state index in [0.29, 0.717) is 0 Å². The van der Waals surface area contributed by atoms with Crippen LogP contribution in [0.15, 0.2) is 36.4 Å². The summed E-state index contributed by atoms with van der Waals surface area (Å²) < 4.78 is 0. The van der Waals surface area contributed by atoms with Crippen LogP contribution in [0.2, 0.25) is 0 Å². The maximum Gasteiger partial charge on any atom is 0.0140 e. The third-order valence-corrected chi connectivity index (χ3v) is 2.99. The molecule has 1 aromatic rings. The summed E-state index contributed by atoms with van der Waals surface area (Å²) in [5.41, 5.74) is 1.28. The van der Waals surface area contributed by atoms with Gasteiger partial charge in [0.25, 0.3) is 0 Å². The molecule has 15 heavy (non-hydrogen) atoms. The number of benzene rings is 1. The quantitative estimate of drug-likeness (QED) is 0.788. The van der Waals surface area contributed by atoms with E-state index < -0.39 is 0 Å². The molecule has 1 nitrogen and oxygen atoms in total. The van der Waals surface area contributed by atoms with E-state index in [1.807, 2.05) is 6.07 Å². The summed E-state index contributed by atoms with van der Waals surface area (Å²) in [6.45, 7) is 1.000. The second-order valence-corrected chi connectivity index (χ2v) is 4.20. The molecular formula is C14H19N. The maximum atomic E-state index is 3.57. The molecule has 0 spiro atoms. The van der Waals surface area contributed by atoms with Crippen LogP contribution >= 0.6 is 0 Å². The second-order valence-electron chi connectivity index (χ2n) is 4.20. The molecule has 1 aliphatic carbocycles. The van der Waals surface area contributed by atoms with E-state index in [2.05, 4.69) is 41.7 Å². The molecule has 1 heteroatoms. The van der Waals surface area contributed by atoms with Gasteiger partial charge in [-0.15, -0.1) is 0 Å². The lowest BCUT2D eigenvalue weighted by molar-refractivity contribution is 0.557. The van der Waals surface area contributed by atoms with Gasteiger partial charge in [0, 0.05) is 12.6 Å². The number of rotatable bonds is 4. The van der Waals surface area contributed by atoms with Crippen LogP contribution in [0.25, 0.3) is 6.08 Å². The largest absolute Gasteiger partial charge is 0.311 e. The number of hydrogen-bond donors (Lipinski definition) is 1. The average Bonchev–Trinajstić information content (AvgIpc) is 2.79. The molecule has 0 radical (unpaired) electrons. The summed E-state index contributed by atoms with van der Waals surface area (Å²) in [6.07, 6.45) is 9.92. The van der Waals surface area contributed by atoms with Gasteiger partial charge in [0.2, 0.25) is 0 Å². The van der Waals surface area contributed by atoms with Gasteiger partial charge in [-0.1, -0.05) is 55.3 Å². The third kappa shape index (κ3) is 3.52. The molecule has 1 fully saturated rings. The Morgan fingerprint density at radius 3 is 2.60 bits per heavy atom. The van der Waals surface area contributed by atoms with Crippen LogP contribution in [0.5, 0.6) is 0 Å². The van der Waals surface area contributed by atoms with Crippen molar-refractivity contribution >= 4 is 6.08 Å². The van der Waals surface area contributed by atoms with Crippen LogP contribution in [0.3, 0.4) is 0 Å².